The zero-order chi connectivity index (χ0) is 8.53. The number of allylic oxidation sites excluding steroid dienone is 2. The molecule has 0 aromatic heterocycles. The van der Waals surface area contributed by atoms with Gasteiger partial charge in [0.1, 0.15) is 6.29 Å². The Morgan fingerprint density at radius 1 is 1.36 bits per heavy atom. The van der Waals surface area contributed by atoms with Crippen LogP contribution in [0.3, 0.4) is 0 Å². The summed E-state index contributed by atoms with van der Waals surface area (Å²) in [6.45, 7) is 4.47. The zero-order valence-electron chi connectivity index (χ0n) is 7.55. The molecule has 0 amide bonds. The summed E-state index contributed by atoms with van der Waals surface area (Å²) in [6, 6.07) is 0. The summed E-state index contributed by atoms with van der Waals surface area (Å²) in [6.07, 6.45) is 9.17. The highest BCUT2D eigenvalue weighted by Crippen LogP contribution is 2.11. The summed E-state index contributed by atoms with van der Waals surface area (Å²) in [5.41, 5.74) is 0. The van der Waals surface area contributed by atoms with E-state index in [9.17, 15) is 4.79 Å². The fraction of sp³-hybridized carbons (Fsp3) is 0.700. The minimum Gasteiger partial charge on any atom is -0.299 e. The minimum atomic E-state index is 0.802. The van der Waals surface area contributed by atoms with Crippen LogP contribution in [0, 0.1) is 5.92 Å². The van der Waals surface area contributed by atoms with E-state index in [0.29, 0.717) is 0 Å². The molecule has 1 unspecified atom stereocenters. The van der Waals surface area contributed by atoms with Gasteiger partial charge in [0.25, 0.3) is 0 Å². The molecule has 1 nitrogen and oxygen atoms in total. The molecule has 64 valence electrons. The second-order valence-electron chi connectivity index (χ2n) is 3.04. The number of carbonyl (C=O) groups is 1. The van der Waals surface area contributed by atoms with Crippen molar-refractivity contribution in [2.45, 2.75) is 39.5 Å². The van der Waals surface area contributed by atoms with E-state index < -0.39 is 0 Å². The van der Waals surface area contributed by atoms with Crippen molar-refractivity contribution in [3.05, 3.63) is 12.2 Å². The zero-order valence-corrected chi connectivity index (χ0v) is 7.55. The number of carbonyl (C=O) groups excluding carboxylic acids is 1. The molecule has 0 aliphatic rings. The van der Waals surface area contributed by atoms with Crippen molar-refractivity contribution in [2.24, 2.45) is 5.92 Å². The maximum Gasteiger partial charge on any atom is 0.142 e. The number of hydrogen-bond donors (Lipinski definition) is 0. The molecule has 0 rings (SSSR count). The van der Waals surface area contributed by atoms with Gasteiger partial charge >= 0.3 is 0 Å². The van der Waals surface area contributed by atoms with Gasteiger partial charge in [0, 0.05) is 0 Å². The van der Waals surface area contributed by atoms with Crippen molar-refractivity contribution in [3.8, 4) is 0 Å². The van der Waals surface area contributed by atoms with Crippen molar-refractivity contribution in [1.29, 1.82) is 0 Å². The summed E-state index contributed by atoms with van der Waals surface area (Å²) >= 11 is 0. The third-order valence-corrected chi connectivity index (χ3v) is 1.82. The minimum absolute atomic E-state index is 0.802. The van der Waals surface area contributed by atoms with Crippen LogP contribution in [0.4, 0.5) is 0 Å². The number of rotatable bonds is 6. The molecular formula is C10H18O. The van der Waals surface area contributed by atoms with Gasteiger partial charge in [-0.25, -0.2) is 0 Å². The molecule has 0 radical (unpaired) electrons. The lowest BCUT2D eigenvalue weighted by atomic mass is 10.0. The van der Waals surface area contributed by atoms with Crippen LogP contribution in [-0.4, -0.2) is 6.29 Å². The number of aldehydes is 1. The Hall–Kier alpha value is -0.590. The van der Waals surface area contributed by atoms with Crippen LogP contribution in [0.2, 0.25) is 0 Å². The highest BCUT2D eigenvalue weighted by atomic mass is 16.1. The summed E-state index contributed by atoms with van der Waals surface area (Å²) in [7, 11) is 0. The summed E-state index contributed by atoms with van der Waals surface area (Å²) in [4.78, 5) is 9.89. The lowest BCUT2D eigenvalue weighted by molar-refractivity contribution is -0.104. The van der Waals surface area contributed by atoms with E-state index in [2.05, 4.69) is 13.8 Å². The maximum atomic E-state index is 9.89. The molecule has 0 N–H and O–H groups in total. The Kier molecular flexibility index (Phi) is 7.11. The molecule has 0 heterocycles. The average Bonchev–Trinajstić information content (AvgIpc) is 1.99. The van der Waals surface area contributed by atoms with Gasteiger partial charge in [0.2, 0.25) is 0 Å². The third kappa shape index (κ3) is 7.31. The quantitative estimate of drug-likeness (QED) is 0.424. The smallest absolute Gasteiger partial charge is 0.142 e. The SMILES string of the molecule is CCCC(C)CC/C=C/C=O. The molecule has 0 saturated carbocycles. The molecule has 0 aliphatic carbocycles. The molecule has 11 heavy (non-hydrogen) atoms. The Morgan fingerprint density at radius 2 is 2.09 bits per heavy atom. The molecular weight excluding hydrogens is 136 g/mol. The van der Waals surface area contributed by atoms with Gasteiger partial charge in [0.15, 0.2) is 0 Å². The fourth-order valence-electron chi connectivity index (χ4n) is 1.17. The maximum absolute atomic E-state index is 9.89. The van der Waals surface area contributed by atoms with Crippen LogP contribution in [0.5, 0.6) is 0 Å². The molecule has 0 aromatic carbocycles. The normalized spacial score (nSPS) is 13.6. The van der Waals surface area contributed by atoms with Crippen LogP contribution in [0.15, 0.2) is 12.2 Å². The first kappa shape index (κ1) is 10.4. The predicted octanol–water partition coefficient (Wildman–Crippen LogP) is 2.96. The van der Waals surface area contributed by atoms with Gasteiger partial charge in [-0.1, -0.05) is 32.8 Å². The predicted molar refractivity (Wildman–Crippen MR) is 48.5 cm³/mol. The van der Waals surface area contributed by atoms with Crippen LogP contribution in [0.25, 0.3) is 0 Å². The molecule has 0 saturated heterocycles. The Morgan fingerprint density at radius 3 is 2.64 bits per heavy atom. The number of hydrogen-bond acceptors (Lipinski definition) is 1. The molecule has 0 aromatic rings. The Balaban J connectivity index is 3.22. The van der Waals surface area contributed by atoms with Crippen molar-refractivity contribution in [2.75, 3.05) is 0 Å². The van der Waals surface area contributed by atoms with Gasteiger partial charge in [-0.05, 0) is 24.8 Å². The summed E-state index contributed by atoms with van der Waals surface area (Å²) < 4.78 is 0. The topological polar surface area (TPSA) is 17.1 Å². The standard InChI is InChI=1S/C10H18O/c1-3-7-10(2)8-5-4-6-9-11/h4,6,9-10H,3,5,7-8H2,1-2H3/b6-4+. The molecule has 0 fully saturated rings. The molecule has 0 bridgehead atoms. The fourth-order valence-corrected chi connectivity index (χ4v) is 1.17. The van der Waals surface area contributed by atoms with Crippen molar-refractivity contribution >= 4 is 6.29 Å². The highest BCUT2D eigenvalue weighted by Gasteiger charge is 1.97. The Labute approximate surface area is 69.5 Å². The van der Waals surface area contributed by atoms with E-state index in [1.165, 1.54) is 19.3 Å². The summed E-state index contributed by atoms with van der Waals surface area (Å²) in [5.74, 6) is 0.802. The van der Waals surface area contributed by atoms with Crippen LogP contribution in [0.1, 0.15) is 39.5 Å². The van der Waals surface area contributed by atoms with Crippen LogP contribution >= 0.6 is 0 Å². The van der Waals surface area contributed by atoms with E-state index in [1.54, 1.807) is 6.08 Å². The first-order valence-corrected chi connectivity index (χ1v) is 4.41. The van der Waals surface area contributed by atoms with Crippen LogP contribution in [-0.2, 0) is 4.79 Å². The monoisotopic (exact) mass is 154 g/mol. The van der Waals surface area contributed by atoms with E-state index in [1.807, 2.05) is 6.08 Å². The second-order valence-corrected chi connectivity index (χ2v) is 3.04. The first-order valence-electron chi connectivity index (χ1n) is 4.41. The molecule has 0 spiro atoms. The first-order chi connectivity index (χ1) is 5.31. The van der Waals surface area contributed by atoms with E-state index in [4.69, 9.17) is 0 Å². The van der Waals surface area contributed by atoms with Gasteiger partial charge in [-0.2, -0.15) is 0 Å². The Bertz CT molecular complexity index is 116. The van der Waals surface area contributed by atoms with E-state index in [0.717, 1.165) is 18.6 Å². The lowest BCUT2D eigenvalue weighted by Gasteiger charge is -2.06. The third-order valence-electron chi connectivity index (χ3n) is 1.82. The summed E-state index contributed by atoms with van der Waals surface area (Å²) in [5, 5.41) is 0. The van der Waals surface area contributed by atoms with Gasteiger partial charge in [-0.3, -0.25) is 4.79 Å². The van der Waals surface area contributed by atoms with Gasteiger partial charge < -0.3 is 0 Å². The second kappa shape index (κ2) is 7.52. The van der Waals surface area contributed by atoms with Crippen molar-refractivity contribution in [1.82, 2.24) is 0 Å². The highest BCUT2D eigenvalue weighted by molar-refractivity contribution is 5.64. The van der Waals surface area contributed by atoms with Crippen molar-refractivity contribution in [3.63, 3.8) is 0 Å². The van der Waals surface area contributed by atoms with Crippen molar-refractivity contribution < 1.29 is 4.79 Å². The largest absolute Gasteiger partial charge is 0.299 e. The van der Waals surface area contributed by atoms with Gasteiger partial charge in [0.05, 0.1) is 0 Å². The lowest BCUT2D eigenvalue weighted by Crippen LogP contribution is -1.91. The average molecular weight is 154 g/mol. The molecule has 1 heteroatoms. The van der Waals surface area contributed by atoms with Gasteiger partial charge in [-0.15, -0.1) is 0 Å². The van der Waals surface area contributed by atoms with E-state index in [-0.39, 0.29) is 0 Å². The molecule has 1 atom stereocenters. The van der Waals surface area contributed by atoms with E-state index >= 15 is 0 Å². The van der Waals surface area contributed by atoms with Crippen LogP contribution < -0.4 is 0 Å². The molecule has 0 aliphatic heterocycles.